The van der Waals surface area contributed by atoms with Crippen molar-refractivity contribution in [1.82, 2.24) is 4.98 Å². The highest BCUT2D eigenvalue weighted by Gasteiger charge is 2.10. The molecule has 0 radical (unpaired) electrons. The van der Waals surface area contributed by atoms with Gasteiger partial charge in [-0.2, -0.15) is 5.26 Å². The average molecular weight is 277 g/mol. The van der Waals surface area contributed by atoms with Gasteiger partial charge in [0.1, 0.15) is 23.2 Å². The van der Waals surface area contributed by atoms with Gasteiger partial charge in [0.2, 0.25) is 0 Å². The topological polar surface area (TPSA) is 56.9 Å². The van der Waals surface area contributed by atoms with E-state index in [-0.39, 0.29) is 29.6 Å². The summed E-state index contributed by atoms with van der Waals surface area (Å²) in [6.07, 6.45) is 3.04. The fourth-order valence-corrected chi connectivity index (χ4v) is 1.52. The van der Waals surface area contributed by atoms with E-state index in [1.807, 2.05) is 6.07 Å². The van der Waals surface area contributed by atoms with Crippen LogP contribution in [0.3, 0.4) is 0 Å². The van der Waals surface area contributed by atoms with E-state index in [1.165, 1.54) is 36.7 Å². The number of halogens is 2. The third-order valence-corrected chi connectivity index (χ3v) is 2.44. The molecule has 0 saturated carbocycles. The van der Waals surface area contributed by atoms with Crippen molar-refractivity contribution in [2.24, 2.45) is 0 Å². The second kappa shape index (κ2) is 6.53. The molecule has 96 valence electrons. The average Bonchev–Trinajstić information content (AvgIpc) is 2.42. The van der Waals surface area contributed by atoms with Gasteiger partial charge < -0.3 is 5.11 Å². The summed E-state index contributed by atoms with van der Waals surface area (Å²) in [6.45, 7) is 0. The van der Waals surface area contributed by atoms with Gasteiger partial charge >= 0.3 is 0 Å². The van der Waals surface area contributed by atoms with E-state index in [1.54, 1.807) is 12.1 Å². The quantitative estimate of drug-likeness (QED) is 0.673. The minimum absolute atomic E-state index is 0. The number of nitrogens with zero attached hydrogens (tertiary/aromatic N) is 2. The van der Waals surface area contributed by atoms with Crippen molar-refractivity contribution in [3.63, 3.8) is 0 Å². The van der Waals surface area contributed by atoms with Crippen molar-refractivity contribution in [3.8, 4) is 6.07 Å². The van der Waals surface area contributed by atoms with Crippen molar-refractivity contribution in [2.45, 2.75) is 0 Å². The van der Waals surface area contributed by atoms with E-state index < -0.39 is 0 Å². The summed E-state index contributed by atoms with van der Waals surface area (Å²) in [5.74, 6) is -0.536. The fraction of sp³-hybridized carbons (Fsp3) is 0. The Morgan fingerprint density at radius 2 is 1.63 bits per heavy atom. The molecule has 0 aliphatic heterocycles. The largest absolute Gasteiger partial charge is 0.506 e. The molecule has 19 heavy (non-hydrogen) atoms. The van der Waals surface area contributed by atoms with Gasteiger partial charge in [-0.3, -0.25) is 4.98 Å². The van der Waals surface area contributed by atoms with Gasteiger partial charge in [-0.15, -0.1) is 12.4 Å². The number of hydrogen-bond donors (Lipinski definition) is 1. The van der Waals surface area contributed by atoms with Gasteiger partial charge in [0.05, 0.1) is 0 Å². The van der Waals surface area contributed by atoms with Gasteiger partial charge in [0, 0.05) is 18.0 Å². The van der Waals surface area contributed by atoms with Crippen molar-refractivity contribution in [1.29, 1.82) is 5.26 Å². The second-order valence-electron chi connectivity index (χ2n) is 3.58. The lowest BCUT2D eigenvalue weighted by atomic mass is 10.0. The second-order valence-corrected chi connectivity index (χ2v) is 3.58. The van der Waals surface area contributed by atoms with Crippen LogP contribution in [0.1, 0.15) is 11.1 Å². The van der Waals surface area contributed by atoms with E-state index in [2.05, 4.69) is 4.98 Å². The zero-order valence-electron chi connectivity index (χ0n) is 9.75. The normalized spacial score (nSPS) is 10.9. The van der Waals surface area contributed by atoms with E-state index in [0.29, 0.717) is 11.1 Å². The van der Waals surface area contributed by atoms with Crippen LogP contribution in [-0.2, 0) is 0 Å². The molecule has 1 N–H and O–H groups in total. The Morgan fingerprint density at radius 1 is 1.05 bits per heavy atom. The lowest BCUT2D eigenvalue weighted by Gasteiger charge is -2.04. The minimum Gasteiger partial charge on any atom is -0.506 e. The molecule has 5 heteroatoms. The number of aliphatic hydroxyl groups excluding tert-OH is 1. The molecule has 0 amide bonds. The predicted molar refractivity (Wildman–Crippen MR) is 72.9 cm³/mol. The van der Waals surface area contributed by atoms with Gasteiger partial charge in [0.15, 0.2) is 0 Å². The number of aromatic nitrogens is 1. The first-order valence-electron chi connectivity index (χ1n) is 5.22. The van der Waals surface area contributed by atoms with Crippen molar-refractivity contribution in [2.75, 3.05) is 0 Å². The lowest BCUT2D eigenvalue weighted by Crippen LogP contribution is -1.90. The van der Waals surface area contributed by atoms with Gasteiger partial charge in [-0.1, -0.05) is 12.1 Å². The van der Waals surface area contributed by atoms with Crippen LogP contribution in [0.4, 0.5) is 4.39 Å². The monoisotopic (exact) mass is 276 g/mol. The Kier molecular flexibility index (Phi) is 5.04. The zero-order valence-corrected chi connectivity index (χ0v) is 10.6. The smallest absolute Gasteiger partial charge is 0.141 e. The third kappa shape index (κ3) is 3.30. The number of aliphatic hydroxyl groups is 1. The number of pyridine rings is 1. The molecule has 1 aromatic heterocycles. The molecular weight excluding hydrogens is 267 g/mol. The van der Waals surface area contributed by atoms with Crippen LogP contribution >= 0.6 is 12.4 Å². The summed E-state index contributed by atoms with van der Waals surface area (Å²) in [7, 11) is 0. The summed E-state index contributed by atoms with van der Waals surface area (Å²) in [4.78, 5) is 3.83. The molecule has 2 aromatic rings. The summed E-state index contributed by atoms with van der Waals surface area (Å²) in [5.41, 5.74) is 1.06. The third-order valence-electron chi connectivity index (χ3n) is 2.44. The predicted octanol–water partition coefficient (Wildman–Crippen LogP) is 3.59. The summed E-state index contributed by atoms with van der Waals surface area (Å²) < 4.78 is 12.8. The van der Waals surface area contributed by atoms with Crippen LogP contribution in [0, 0.1) is 17.1 Å². The first-order valence-corrected chi connectivity index (χ1v) is 5.22. The molecule has 0 bridgehead atoms. The molecule has 0 spiro atoms. The Bertz CT molecular complexity index is 618. The van der Waals surface area contributed by atoms with Crippen molar-refractivity contribution < 1.29 is 9.50 Å². The van der Waals surface area contributed by atoms with Gasteiger partial charge in [0.25, 0.3) is 0 Å². The molecule has 0 saturated heterocycles. The number of hydrogen-bond acceptors (Lipinski definition) is 3. The maximum absolute atomic E-state index is 12.8. The standard InChI is InChI=1S/C14H9FN2O.ClH/c15-12-3-1-10(2-4-12)13(9-16)14(18)11-5-7-17-8-6-11;/h1-8,18H;1H/b14-13-;. The Labute approximate surface area is 116 Å². The fourth-order valence-electron chi connectivity index (χ4n) is 1.52. The molecule has 0 aliphatic rings. The first-order chi connectivity index (χ1) is 8.72. The van der Waals surface area contributed by atoms with Crippen LogP contribution < -0.4 is 0 Å². The molecule has 1 heterocycles. The highest BCUT2D eigenvalue weighted by molar-refractivity contribution is 5.93. The van der Waals surface area contributed by atoms with E-state index >= 15 is 0 Å². The van der Waals surface area contributed by atoms with E-state index in [4.69, 9.17) is 5.26 Å². The molecule has 3 nitrogen and oxygen atoms in total. The molecular formula is C14H10ClFN2O. The molecule has 0 aliphatic carbocycles. The highest BCUT2D eigenvalue weighted by atomic mass is 35.5. The maximum atomic E-state index is 12.8. The summed E-state index contributed by atoms with van der Waals surface area (Å²) >= 11 is 0. The SMILES string of the molecule is Cl.N#C/C(=C(/O)c1ccncc1)c1ccc(F)cc1. The van der Waals surface area contributed by atoms with Crippen LogP contribution in [0.5, 0.6) is 0 Å². The van der Waals surface area contributed by atoms with Gasteiger partial charge in [-0.25, -0.2) is 4.39 Å². The van der Waals surface area contributed by atoms with Crippen molar-refractivity contribution in [3.05, 3.63) is 65.7 Å². The Morgan fingerprint density at radius 3 is 2.16 bits per heavy atom. The molecule has 1 aromatic carbocycles. The number of nitriles is 1. The zero-order chi connectivity index (χ0) is 13.0. The summed E-state index contributed by atoms with van der Waals surface area (Å²) in [5, 5.41) is 19.1. The van der Waals surface area contributed by atoms with Crippen LogP contribution in [0.2, 0.25) is 0 Å². The van der Waals surface area contributed by atoms with E-state index in [9.17, 15) is 9.50 Å². The van der Waals surface area contributed by atoms with Crippen LogP contribution in [-0.4, -0.2) is 10.1 Å². The number of benzene rings is 1. The molecule has 0 atom stereocenters. The minimum atomic E-state index is -0.389. The van der Waals surface area contributed by atoms with Crippen LogP contribution in [0.15, 0.2) is 48.8 Å². The molecule has 2 rings (SSSR count). The number of allylic oxidation sites excluding steroid dienone is 1. The first kappa shape index (κ1) is 14.7. The lowest BCUT2D eigenvalue weighted by molar-refractivity contribution is 0.514. The summed E-state index contributed by atoms with van der Waals surface area (Å²) in [6, 6.07) is 10.5. The number of rotatable bonds is 2. The van der Waals surface area contributed by atoms with E-state index in [0.717, 1.165) is 0 Å². The van der Waals surface area contributed by atoms with Gasteiger partial charge in [-0.05, 0) is 29.8 Å². The maximum Gasteiger partial charge on any atom is 0.141 e. The highest BCUT2D eigenvalue weighted by Crippen LogP contribution is 2.23. The molecule has 0 unspecified atom stereocenters. The Hall–Kier alpha value is -2.38. The van der Waals surface area contributed by atoms with Crippen LogP contribution in [0.25, 0.3) is 11.3 Å². The van der Waals surface area contributed by atoms with Crippen molar-refractivity contribution >= 4 is 23.7 Å². The Balaban J connectivity index is 0.00000180. The molecule has 0 fully saturated rings.